The molecule has 208 valence electrons. The highest BCUT2D eigenvalue weighted by Gasteiger charge is 2.38. The zero-order valence-corrected chi connectivity index (χ0v) is 24.3. The van der Waals surface area contributed by atoms with E-state index in [9.17, 15) is 9.59 Å². The number of carbonyl (C=O) groups is 2. The number of esters is 1. The van der Waals surface area contributed by atoms with Crippen molar-refractivity contribution in [2.24, 2.45) is 33.0 Å². The molecule has 0 saturated heterocycles. The summed E-state index contributed by atoms with van der Waals surface area (Å²) in [5.41, 5.74) is 7.65. The van der Waals surface area contributed by atoms with Gasteiger partial charge in [0, 0.05) is 16.8 Å². The third-order valence-corrected chi connectivity index (χ3v) is 9.88. The monoisotopic (exact) mass is 540 g/mol. The molecule has 7 nitrogen and oxygen atoms in total. The average molecular weight is 541 g/mol. The van der Waals surface area contributed by atoms with Crippen molar-refractivity contribution in [1.82, 2.24) is 0 Å². The van der Waals surface area contributed by atoms with E-state index in [2.05, 4.69) is 42.9 Å². The zero-order chi connectivity index (χ0) is 27.3. The SMILES string of the molecule is COC(=O)c1sc(C2=CCC(C)(C)CC2)cc1N(C(=O)C1CCC(C)CC1)C1CCC(N=CN=CN)CC1. The maximum Gasteiger partial charge on any atom is 0.350 e. The molecule has 2 N–H and O–H groups in total. The van der Waals surface area contributed by atoms with Crippen molar-refractivity contribution in [3.05, 3.63) is 21.9 Å². The lowest BCUT2D eigenvalue weighted by Crippen LogP contribution is -2.47. The van der Waals surface area contributed by atoms with Gasteiger partial charge in [0.25, 0.3) is 0 Å². The Balaban J connectivity index is 1.67. The predicted molar refractivity (Wildman–Crippen MR) is 157 cm³/mol. The lowest BCUT2D eigenvalue weighted by molar-refractivity contribution is -0.124. The van der Waals surface area contributed by atoms with Crippen LogP contribution in [0.4, 0.5) is 5.69 Å². The van der Waals surface area contributed by atoms with Crippen molar-refractivity contribution < 1.29 is 14.3 Å². The minimum absolute atomic E-state index is 0.00405. The van der Waals surface area contributed by atoms with E-state index < -0.39 is 0 Å². The van der Waals surface area contributed by atoms with Crippen LogP contribution in [0, 0.1) is 17.3 Å². The van der Waals surface area contributed by atoms with Crippen molar-refractivity contribution >= 4 is 47.2 Å². The van der Waals surface area contributed by atoms with Crippen LogP contribution in [0.25, 0.3) is 5.57 Å². The van der Waals surface area contributed by atoms with Crippen LogP contribution in [0.5, 0.6) is 0 Å². The summed E-state index contributed by atoms with van der Waals surface area (Å²) in [5.74, 6) is 0.480. The van der Waals surface area contributed by atoms with Gasteiger partial charge in [0.1, 0.15) is 11.2 Å². The fourth-order valence-electron chi connectivity index (χ4n) is 6.09. The number of thiophene rings is 1. The molecule has 3 aliphatic carbocycles. The number of aliphatic imine (C=N–C) groups is 2. The molecular weight excluding hydrogens is 496 g/mol. The van der Waals surface area contributed by atoms with E-state index in [4.69, 9.17) is 10.5 Å². The molecule has 0 atom stereocenters. The molecule has 2 fully saturated rings. The van der Waals surface area contributed by atoms with Gasteiger partial charge in [-0.05, 0) is 93.6 Å². The summed E-state index contributed by atoms with van der Waals surface area (Å²) in [5, 5.41) is 0. The molecular formula is C30H44N4O3S. The number of nitrogens with zero attached hydrogens (tertiary/aromatic N) is 3. The van der Waals surface area contributed by atoms with Gasteiger partial charge in [-0.25, -0.2) is 9.79 Å². The van der Waals surface area contributed by atoms with Gasteiger partial charge in [0.15, 0.2) is 0 Å². The van der Waals surface area contributed by atoms with Crippen molar-refractivity contribution in [3.8, 4) is 0 Å². The quantitative estimate of drug-likeness (QED) is 0.239. The van der Waals surface area contributed by atoms with Crippen LogP contribution in [0.15, 0.2) is 22.1 Å². The van der Waals surface area contributed by atoms with E-state index in [-0.39, 0.29) is 29.9 Å². The normalized spacial score (nSPS) is 27.8. The highest BCUT2D eigenvalue weighted by molar-refractivity contribution is 7.15. The topological polar surface area (TPSA) is 97.3 Å². The Hall–Kier alpha value is -2.48. The van der Waals surface area contributed by atoms with Gasteiger partial charge in [-0.1, -0.05) is 26.8 Å². The zero-order valence-electron chi connectivity index (χ0n) is 23.4. The highest BCUT2D eigenvalue weighted by atomic mass is 32.1. The van der Waals surface area contributed by atoms with E-state index in [0.717, 1.165) is 81.2 Å². The van der Waals surface area contributed by atoms with Crippen LogP contribution >= 0.6 is 11.3 Å². The third kappa shape index (κ3) is 6.74. The number of anilines is 1. The lowest BCUT2D eigenvalue weighted by Gasteiger charge is -2.39. The molecule has 1 aromatic heterocycles. The van der Waals surface area contributed by atoms with Crippen LogP contribution in [-0.4, -0.2) is 43.7 Å². The van der Waals surface area contributed by atoms with Crippen molar-refractivity contribution in [1.29, 1.82) is 0 Å². The second-order valence-electron chi connectivity index (χ2n) is 12.1. The Morgan fingerprint density at radius 2 is 1.84 bits per heavy atom. The van der Waals surface area contributed by atoms with Crippen LogP contribution in [-0.2, 0) is 9.53 Å². The van der Waals surface area contributed by atoms with E-state index in [1.807, 2.05) is 4.90 Å². The summed E-state index contributed by atoms with van der Waals surface area (Å²) in [7, 11) is 1.43. The molecule has 4 rings (SSSR count). The number of hydrogen-bond acceptors (Lipinski definition) is 5. The van der Waals surface area contributed by atoms with Crippen LogP contribution < -0.4 is 10.6 Å². The molecule has 1 aromatic rings. The molecule has 0 radical (unpaired) electrons. The Morgan fingerprint density at radius 3 is 2.45 bits per heavy atom. The van der Waals surface area contributed by atoms with Gasteiger partial charge in [-0.2, -0.15) is 0 Å². The maximum absolute atomic E-state index is 14.2. The summed E-state index contributed by atoms with van der Waals surface area (Å²) in [6.07, 6.45) is 15.6. The average Bonchev–Trinajstić information content (AvgIpc) is 3.34. The molecule has 0 bridgehead atoms. The molecule has 38 heavy (non-hydrogen) atoms. The lowest BCUT2D eigenvalue weighted by atomic mass is 9.78. The van der Waals surface area contributed by atoms with Crippen molar-refractivity contribution in [3.63, 3.8) is 0 Å². The number of methoxy groups -OCH3 is 1. The second kappa shape index (κ2) is 12.6. The first-order chi connectivity index (χ1) is 18.2. The molecule has 2 saturated carbocycles. The molecule has 0 aliphatic heterocycles. The van der Waals surface area contributed by atoms with Crippen LogP contribution in [0.3, 0.4) is 0 Å². The maximum atomic E-state index is 14.2. The summed E-state index contributed by atoms with van der Waals surface area (Å²) in [6.45, 7) is 6.87. The standard InChI is InChI=1S/C30H44N4O3S/c1-20-5-7-22(8-6-20)28(35)34(24-11-9-23(10-12-24)33-19-32-18-31)25-17-26(38-27(25)29(36)37-4)21-13-15-30(2,3)16-14-21/h13,17-20,22-24H,5-12,14-16H2,1-4H3,(H2,31,32,33). The number of allylic oxidation sites excluding steroid dienone is 2. The highest BCUT2D eigenvalue weighted by Crippen LogP contribution is 2.44. The number of nitrogens with two attached hydrogens (primary N) is 1. The number of carbonyl (C=O) groups excluding carboxylic acids is 2. The van der Waals surface area contributed by atoms with Gasteiger partial charge in [0.2, 0.25) is 5.91 Å². The van der Waals surface area contributed by atoms with Gasteiger partial charge >= 0.3 is 5.97 Å². The Labute approximate surface area is 231 Å². The summed E-state index contributed by atoms with van der Waals surface area (Å²) in [6, 6.07) is 2.32. The largest absolute Gasteiger partial charge is 0.465 e. The summed E-state index contributed by atoms with van der Waals surface area (Å²) < 4.78 is 5.23. The molecule has 1 heterocycles. The summed E-state index contributed by atoms with van der Waals surface area (Å²) >= 11 is 1.48. The third-order valence-electron chi connectivity index (χ3n) is 8.70. The first-order valence-corrected chi connectivity index (χ1v) is 15.0. The first-order valence-electron chi connectivity index (χ1n) is 14.2. The smallest absolute Gasteiger partial charge is 0.350 e. The van der Waals surface area contributed by atoms with Gasteiger partial charge < -0.3 is 15.4 Å². The van der Waals surface area contributed by atoms with Crippen LogP contribution in [0.2, 0.25) is 0 Å². The Bertz CT molecular complexity index is 1070. The van der Waals surface area contributed by atoms with Crippen LogP contribution in [0.1, 0.15) is 106 Å². The predicted octanol–water partition coefficient (Wildman–Crippen LogP) is 6.61. The van der Waals surface area contributed by atoms with Gasteiger partial charge in [-0.15, -0.1) is 11.3 Å². The minimum Gasteiger partial charge on any atom is -0.465 e. The molecule has 0 unspecified atom stereocenters. The number of amides is 1. The minimum atomic E-state index is -0.360. The Kier molecular flexibility index (Phi) is 9.45. The van der Waals surface area contributed by atoms with Crippen molar-refractivity contribution in [2.75, 3.05) is 12.0 Å². The van der Waals surface area contributed by atoms with E-state index in [1.54, 1.807) is 0 Å². The number of hydrogen-bond donors (Lipinski definition) is 1. The molecule has 8 heteroatoms. The summed E-state index contributed by atoms with van der Waals surface area (Å²) in [4.78, 5) is 39.3. The molecule has 1 amide bonds. The molecule has 3 aliphatic rings. The fraction of sp³-hybridized carbons (Fsp3) is 0.667. The van der Waals surface area contributed by atoms with E-state index in [1.165, 1.54) is 36.7 Å². The van der Waals surface area contributed by atoms with Gasteiger partial charge in [-0.3, -0.25) is 9.79 Å². The second-order valence-corrected chi connectivity index (χ2v) is 13.2. The molecule has 0 spiro atoms. The van der Waals surface area contributed by atoms with E-state index in [0.29, 0.717) is 16.2 Å². The fourth-order valence-corrected chi connectivity index (χ4v) is 7.23. The van der Waals surface area contributed by atoms with Crippen molar-refractivity contribution in [2.45, 2.75) is 103 Å². The Morgan fingerprint density at radius 1 is 1.13 bits per heavy atom. The first kappa shape index (κ1) is 28.5. The molecule has 0 aromatic carbocycles. The number of ether oxygens (including phenoxy) is 1. The van der Waals surface area contributed by atoms with E-state index >= 15 is 0 Å². The number of rotatable bonds is 7. The van der Waals surface area contributed by atoms with Gasteiger partial charge in [0.05, 0.1) is 25.2 Å².